The summed E-state index contributed by atoms with van der Waals surface area (Å²) in [6.45, 7) is 7.67. The number of fused-ring (bicyclic) bond motifs is 2. The molecule has 0 bridgehead atoms. The van der Waals surface area contributed by atoms with Gasteiger partial charge in [0.25, 0.3) is 12.7 Å². The van der Waals surface area contributed by atoms with Crippen molar-refractivity contribution in [2.45, 2.75) is 70.2 Å². The normalized spacial score (nSPS) is 13.5. The van der Waals surface area contributed by atoms with E-state index in [1.807, 2.05) is 0 Å². The molecule has 2 atom stereocenters. The number of hydrogen-bond acceptors (Lipinski definition) is 7. The Morgan fingerprint density at radius 1 is 1.02 bits per heavy atom. The van der Waals surface area contributed by atoms with Gasteiger partial charge in [-0.2, -0.15) is 5.10 Å². The number of nitrogens with two attached hydrogens (primary N) is 1. The van der Waals surface area contributed by atoms with Crippen molar-refractivity contribution in [1.82, 2.24) is 20.1 Å². The van der Waals surface area contributed by atoms with E-state index in [2.05, 4.69) is 22.3 Å². The van der Waals surface area contributed by atoms with E-state index in [9.17, 15) is 30.8 Å². The molecular weight excluding hydrogens is 741 g/mol. The number of rotatable bonds is 8. The molecule has 0 aliphatic carbocycles. The Labute approximate surface area is 307 Å². The van der Waals surface area contributed by atoms with Crippen LogP contribution in [0.1, 0.15) is 63.9 Å². The number of anilines is 1. The van der Waals surface area contributed by atoms with Crippen molar-refractivity contribution >= 4 is 55.0 Å². The van der Waals surface area contributed by atoms with Crippen LogP contribution in [0.25, 0.3) is 32.8 Å². The second kappa shape index (κ2) is 14.5. The van der Waals surface area contributed by atoms with Gasteiger partial charge in [0.15, 0.2) is 15.7 Å². The van der Waals surface area contributed by atoms with E-state index in [0.717, 1.165) is 18.4 Å². The van der Waals surface area contributed by atoms with Gasteiger partial charge < -0.3 is 15.8 Å². The molecule has 280 valence electrons. The van der Waals surface area contributed by atoms with Crippen LogP contribution < -0.4 is 11.1 Å². The summed E-state index contributed by atoms with van der Waals surface area (Å²) >= 11 is 6.48. The quantitative estimate of drug-likeness (QED) is 0.120. The summed E-state index contributed by atoms with van der Waals surface area (Å²) in [7, 11) is -3.71. The first kappa shape index (κ1) is 39.3. The fraction of sp³-hybridized carbons (Fsp3) is 0.324. The molecule has 0 saturated carbocycles. The summed E-state index contributed by atoms with van der Waals surface area (Å²) in [5, 5.41) is 7.19. The van der Waals surface area contributed by atoms with E-state index >= 15 is 4.39 Å². The number of ether oxygens (including phenoxy) is 1. The molecule has 53 heavy (non-hydrogen) atoms. The number of alkyl carbamates (subject to hydrolysis) is 1. The number of nitrogen functional groups attached to an aromatic ring is 1. The molecule has 5 aromatic rings. The molecule has 2 heterocycles. The molecule has 0 fully saturated rings. The first-order chi connectivity index (χ1) is 24.6. The Bertz CT molecular complexity index is 2400. The van der Waals surface area contributed by atoms with Gasteiger partial charge in [-0.3, -0.25) is 0 Å². The summed E-state index contributed by atoms with van der Waals surface area (Å²) in [6.07, 6.45) is -6.74. The monoisotopic (exact) mass is 775 g/mol. The lowest BCUT2D eigenvalue weighted by Gasteiger charge is -2.26. The van der Waals surface area contributed by atoms with Crippen LogP contribution in [0.15, 0.2) is 54.6 Å². The maximum Gasteiger partial charge on any atom is 0.408 e. The molecule has 3 aromatic carbocycles. The van der Waals surface area contributed by atoms with Crippen molar-refractivity contribution in [1.29, 1.82) is 0 Å². The standard InChI is InChI=1S/C37H35ClF5N5O4S/c1-36(2,3)52-35(49)46-27(17-19-15-20(39)18-21(40)16-19)30-28(24-11-12-25(38)29-31(24)48(47-34(29)44)33(43)32(41)42)23-10-8-7-9-22(23)26(45-30)13-14-37(4,5)53(6,50)51/h7-12,15-16,18,27,32-33H,17H2,1-6H3,(H2,44,47)(H,46,49)/t27-,33?/m0/s1. The predicted molar refractivity (Wildman–Crippen MR) is 194 cm³/mol. The Morgan fingerprint density at radius 3 is 2.23 bits per heavy atom. The van der Waals surface area contributed by atoms with E-state index in [4.69, 9.17) is 27.1 Å². The van der Waals surface area contributed by atoms with Gasteiger partial charge in [-0.05, 0) is 76.1 Å². The van der Waals surface area contributed by atoms with Crippen LogP contribution in [0.4, 0.5) is 32.6 Å². The van der Waals surface area contributed by atoms with Crippen LogP contribution in [-0.4, -0.2) is 52.3 Å². The van der Waals surface area contributed by atoms with Crippen molar-refractivity contribution in [2.24, 2.45) is 0 Å². The molecule has 2 aromatic heterocycles. The number of pyridine rings is 1. The van der Waals surface area contributed by atoms with Gasteiger partial charge in [-0.15, -0.1) is 0 Å². The third-order valence-electron chi connectivity index (χ3n) is 8.27. The minimum absolute atomic E-state index is 0.0306. The van der Waals surface area contributed by atoms with Crippen molar-refractivity contribution in [3.63, 3.8) is 0 Å². The lowest BCUT2D eigenvalue weighted by atomic mass is 9.89. The number of amides is 1. The average molecular weight is 776 g/mol. The van der Waals surface area contributed by atoms with Crippen molar-refractivity contribution in [3.05, 3.63) is 88.2 Å². The highest BCUT2D eigenvalue weighted by molar-refractivity contribution is 7.92. The number of benzene rings is 3. The van der Waals surface area contributed by atoms with Gasteiger partial charge in [0.05, 0.1) is 27.7 Å². The van der Waals surface area contributed by atoms with Gasteiger partial charge in [0.2, 0.25) is 0 Å². The summed E-state index contributed by atoms with van der Waals surface area (Å²) < 4.78 is 102. The van der Waals surface area contributed by atoms with Gasteiger partial charge in [-0.1, -0.05) is 47.9 Å². The van der Waals surface area contributed by atoms with E-state index in [1.165, 1.54) is 26.0 Å². The zero-order valence-corrected chi connectivity index (χ0v) is 30.9. The Kier molecular flexibility index (Phi) is 10.7. The summed E-state index contributed by atoms with van der Waals surface area (Å²) in [6, 6.07) is 10.8. The summed E-state index contributed by atoms with van der Waals surface area (Å²) in [5.41, 5.74) is 5.14. The molecule has 3 N–H and O–H groups in total. The number of halogens is 6. The number of aromatic nitrogens is 3. The number of nitrogens with zero attached hydrogens (tertiary/aromatic N) is 3. The molecule has 0 saturated heterocycles. The molecule has 0 aliphatic rings. The zero-order valence-electron chi connectivity index (χ0n) is 29.4. The van der Waals surface area contributed by atoms with Gasteiger partial charge in [0, 0.05) is 28.8 Å². The third-order valence-corrected chi connectivity index (χ3v) is 10.5. The molecule has 9 nitrogen and oxygen atoms in total. The Hall–Kier alpha value is -4.94. The Morgan fingerprint density at radius 2 is 1.64 bits per heavy atom. The van der Waals surface area contributed by atoms with Gasteiger partial charge in [0.1, 0.15) is 27.7 Å². The molecule has 0 aliphatic heterocycles. The van der Waals surface area contributed by atoms with Crippen molar-refractivity contribution in [2.75, 3.05) is 12.0 Å². The smallest absolute Gasteiger partial charge is 0.408 e. The molecule has 1 unspecified atom stereocenters. The molecule has 16 heteroatoms. The second-order valence-electron chi connectivity index (χ2n) is 13.8. The van der Waals surface area contributed by atoms with E-state index in [0.29, 0.717) is 21.5 Å². The number of nitrogens with one attached hydrogen (secondary N) is 1. The van der Waals surface area contributed by atoms with Crippen LogP contribution in [0, 0.1) is 23.5 Å². The lowest BCUT2D eigenvalue weighted by Crippen LogP contribution is -2.36. The summed E-state index contributed by atoms with van der Waals surface area (Å²) in [5.74, 6) is 3.45. The molecule has 5 rings (SSSR count). The van der Waals surface area contributed by atoms with Crippen LogP contribution >= 0.6 is 11.6 Å². The van der Waals surface area contributed by atoms with Crippen LogP contribution in [0.2, 0.25) is 5.02 Å². The van der Waals surface area contributed by atoms with E-state index in [1.54, 1.807) is 45.0 Å². The molecule has 1 amide bonds. The molecule has 0 spiro atoms. The maximum absolute atomic E-state index is 15.3. The molecule has 0 radical (unpaired) electrons. The fourth-order valence-corrected chi connectivity index (χ4v) is 6.08. The topological polar surface area (TPSA) is 129 Å². The Balaban J connectivity index is 1.95. The van der Waals surface area contributed by atoms with E-state index in [-0.39, 0.29) is 56.2 Å². The number of alkyl halides is 3. The highest BCUT2D eigenvalue weighted by atomic mass is 35.5. The van der Waals surface area contributed by atoms with Gasteiger partial charge in [-0.25, -0.2) is 44.8 Å². The number of hydrogen-bond donors (Lipinski definition) is 2. The predicted octanol–water partition coefficient (Wildman–Crippen LogP) is 8.48. The van der Waals surface area contributed by atoms with Crippen molar-refractivity contribution in [3.8, 4) is 23.0 Å². The first-order valence-corrected chi connectivity index (χ1v) is 18.3. The number of sulfone groups is 1. The fourth-order valence-electron chi connectivity index (χ4n) is 5.60. The molecular formula is C37H35ClF5N5O4S. The highest BCUT2D eigenvalue weighted by Crippen LogP contribution is 2.44. The minimum Gasteiger partial charge on any atom is -0.444 e. The van der Waals surface area contributed by atoms with Crippen LogP contribution in [-0.2, 0) is 21.0 Å². The number of carbonyl (C=O) groups excluding carboxylic acids is 1. The van der Waals surface area contributed by atoms with E-state index < -0.39 is 56.7 Å². The first-order valence-electron chi connectivity index (χ1n) is 16.1. The third kappa shape index (κ3) is 8.34. The summed E-state index contributed by atoms with van der Waals surface area (Å²) in [4.78, 5) is 18.3. The lowest BCUT2D eigenvalue weighted by molar-refractivity contribution is 0.00367. The largest absolute Gasteiger partial charge is 0.444 e. The highest BCUT2D eigenvalue weighted by Gasteiger charge is 2.32. The minimum atomic E-state index is -3.71. The van der Waals surface area contributed by atoms with Crippen molar-refractivity contribution < 1.29 is 39.9 Å². The van der Waals surface area contributed by atoms with Crippen LogP contribution in [0.3, 0.4) is 0 Å². The van der Waals surface area contributed by atoms with Gasteiger partial charge >= 0.3 is 6.09 Å². The SMILES string of the molecule is CC(C)(C)OC(=O)N[C@@H](Cc1cc(F)cc(F)c1)c1nc(C#CC(C)(C)S(C)(=O)=O)c2ccccc2c1-c1ccc(Cl)c2c(N)nn(C(F)C(F)F)c12. The average Bonchev–Trinajstić information content (AvgIpc) is 3.39. The zero-order chi connectivity index (χ0) is 39.2. The number of carbonyl (C=O) groups is 1. The maximum atomic E-state index is 15.3. The second-order valence-corrected chi connectivity index (χ2v) is 16.8. The van der Waals surface area contributed by atoms with Crippen LogP contribution in [0.5, 0.6) is 0 Å².